The number of hydrogen-bond acceptors (Lipinski definition) is 2. The number of carbonyl (C=O) groups is 1. The molecule has 0 spiro atoms. The molecule has 0 amide bonds. The van der Waals surface area contributed by atoms with Crippen LogP contribution in [0.15, 0.2) is 12.2 Å². The second-order valence-electron chi connectivity index (χ2n) is 6.58. The lowest BCUT2D eigenvalue weighted by Crippen LogP contribution is -2.42. The molecule has 3 fully saturated rings. The van der Waals surface area contributed by atoms with Crippen LogP contribution in [0.4, 0.5) is 0 Å². The van der Waals surface area contributed by atoms with Crippen molar-refractivity contribution in [1.29, 1.82) is 0 Å². The monoisotopic (exact) mass is 220 g/mol. The third kappa shape index (κ3) is 1.04. The first-order valence-electron chi connectivity index (χ1n) is 6.22. The van der Waals surface area contributed by atoms with Gasteiger partial charge in [0.05, 0.1) is 0 Å². The van der Waals surface area contributed by atoms with Crippen LogP contribution in [0.1, 0.15) is 40.5 Å². The Morgan fingerprint density at radius 2 is 2.06 bits per heavy atom. The molecule has 1 saturated heterocycles. The van der Waals surface area contributed by atoms with E-state index in [1.165, 1.54) is 12.8 Å². The Morgan fingerprint density at radius 3 is 2.69 bits per heavy atom. The zero-order chi connectivity index (χ0) is 11.8. The van der Waals surface area contributed by atoms with Crippen molar-refractivity contribution in [1.82, 2.24) is 0 Å². The van der Waals surface area contributed by atoms with Gasteiger partial charge in [0, 0.05) is 5.41 Å². The normalized spacial score (nSPS) is 52.0. The van der Waals surface area contributed by atoms with Gasteiger partial charge in [0.1, 0.15) is 11.2 Å². The highest BCUT2D eigenvalue weighted by Gasteiger charge is 2.81. The van der Waals surface area contributed by atoms with E-state index in [1.807, 2.05) is 6.08 Å². The average molecular weight is 220 g/mol. The van der Waals surface area contributed by atoms with Gasteiger partial charge in [-0.3, -0.25) is 4.79 Å². The Labute approximate surface area is 97.1 Å². The van der Waals surface area contributed by atoms with E-state index in [9.17, 15) is 4.79 Å². The van der Waals surface area contributed by atoms with Gasteiger partial charge >= 0.3 is 0 Å². The number of carbonyl (C=O) groups excluding carboxylic acids is 1. The van der Waals surface area contributed by atoms with Crippen LogP contribution in [0.2, 0.25) is 0 Å². The van der Waals surface area contributed by atoms with Crippen molar-refractivity contribution in [2.24, 2.45) is 17.3 Å². The first kappa shape index (κ1) is 10.5. The molecule has 2 saturated carbocycles. The standard InChI is InChI=1S/C14H20O2/c1-9(15)5-6-14-12(2,3)8-10-7-11(10)13(14,4)16-14/h5-6,10-11H,7-8H2,1-4H3/b6-5+. The molecule has 0 N–H and O–H groups in total. The van der Waals surface area contributed by atoms with Crippen molar-refractivity contribution in [3.63, 3.8) is 0 Å². The third-order valence-corrected chi connectivity index (χ3v) is 5.03. The number of ether oxygens (including phenoxy) is 1. The topological polar surface area (TPSA) is 29.6 Å². The van der Waals surface area contributed by atoms with Crippen molar-refractivity contribution in [2.75, 3.05) is 0 Å². The molecule has 3 rings (SSSR count). The molecule has 0 aromatic heterocycles. The SMILES string of the molecule is CC(=O)/C=C/C12OC1(C)C1CC1CC2(C)C. The molecule has 0 aromatic carbocycles. The highest BCUT2D eigenvalue weighted by Crippen LogP contribution is 2.76. The van der Waals surface area contributed by atoms with E-state index in [2.05, 4.69) is 20.8 Å². The summed E-state index contributed by atoms with van der Waals surface area (Å²) in [5, 5.41) is 0. The van der Waals surface area contributed by atoms with Gasteiger partial charge in [0.25, 0.3) is 0 Å². The van der Waals surface area contributed by atoms with E-state index < -0.39 is 0 Å². The third-order valence-electron chi connectivity index (χ3n) is 5.03. The lowest BCUT2D eigenvalue weighted by atomic mass is 9.64. The first-order valence-corrected chi connectivity index (χ1v) is 6.22. The van der Waals surface area contributed by atoms with Gasteiger partial charge in [-0.15, -0.1) is 0 Å². The summed E-state index contributed by atoms with van der Waals surface area (Å²) >= 11 is 0. The highest BCUT2D eigenvalue weighted by molar-refractivity contribution is 5.87. The summed E-state index contributed by atoms with van der Waals surface area (Å²) in [6.07, 6.45) is 6.27. The number of fused-ring (bicyclic) bond motifs is 3. The molecule has 0 aromatic rings. The van der Waals surface area contributed by atoms with Crippen LogP contribution >= 0.6 is 0 Å². The summed E-state index contributed by atoms with van der Waals surface area (Å²) < 4.78 is 6.13. The largest absolute Gasteiger partial charge is 0.357 e. The van der Waals surface area contributed by atoms with Crippen LogP contribution in [0.5, 0.6) is 0 Å². The fourth-order valence-electron chi connectivity index (χ4n) is 4.08. The van der Waals surface area contributed by atoms with Gasteiger partial charge in [-0.25, -0.2) is 0 Å². The van der Waals surface area contributed by atoms with E-state index in [0.29, 0.717) is 0 Å². The maximum Gasteiger partial charge on any atom is 0.152 e. The van der Waals surface area contributed by atoms with Crippen molar-refractivity contribution in [2.45, 2.75) is 51.7 Å². The average Bonchev–Trinajstić information content (AvgIpc) is 2.98. The van der Waals surface area contributed by atoms with Gasteiger partial charge in [0.2, 0.25) is 0 Å². The summed E-state index contributed by atoms with van der Waals surface area (Å²) in [4.78, 5) is 11.1. The Bertz CT molecular complexity index is 389. The molecule has 88 valence electrons. The molecule has 3 aliphatic rings. The number of ketones is 1. The number of rotatable bonds is 2. The first-order chi connectivity index (χ1) is 7.32. The minimum Gasteiger partial charge on any atom is -0.357 e. The van der Waals surface area contributed by atoms with Crippen LogP contribution < -0.4 is 0 Å². The zero-order valence-corrected chi connectivity index (χ0v) is 10.5. The van der Waals surface area contributed by atoms with Gasteiger partial charge in [-0.1, -0.05) is 13.8 Å². The lowest BCUT2D eigenvalue weighted by molar-refractivity contribution is -0.112. The molecular weight excluding hydrogens is 200 g/mol. The van der Waals surface area contributed by atoms with Gasteiger partial charge in [-0.05, 0) is 50.7 Å². The van der Waals surface area contributed by atoms with Gasteiger partial charge in [0.15, 0.2) is 5.78 Å². The summed E-state index contributed by atoms with van der Waals surface area (Å²) in [5.74, 6) is 1.71. The smallest absolute Gasteiger partial charge is 0.152 e. The Balaban J connectivity index is 1.97. The molecule has 0 bridgehead atoms. The second-order valence-corrected chi connectivity index (χ2v) is 6.58. The van der Waals surface area contributed by atoms with Crippen molar-refractivity contribution < 1.29 is 9.53 Å². The Hall–Kier alpha value is -0.630. The molecule has 1 heterocycles. The molecule has 1 aliphatic heterocycles. The zero-order valence-electron chi connectivity index (χ0n) is 10.5. The molecular formula is C14H20O2. The molecule has 4 unspecified atom stereocenters. The van der Waals surface area contributed by atoms with Crippen LogP contribution in [0.3, 0.4) is 0 Å². The number of allylic oxidation sites excluding steroid dienone is 1. The van der Waals surface area contributed by atoms with Crippen molar-refractivity contribution in [3.8, 4) is 0 Å². The molecule has 0 radical (unpaired) electrons. The van der Waals surface area contributed by atoms with E-state index in [1.54, 1.807) is 13.0 Å². The summed E-state index contributed by atoms with van der Waals surface area (Å²) in [7, 11) is 0. The molecule has 4 atom stereocenters. The van der Waals surface area contributed by atoms with Gasteiger partial charge < -0.3 is 4.74 Å². The van der Waals surface area contributed by atoms with Crippen LogP contribution in [-0.4, -0.2) is 17.0 Å². The van der Waals surface area contributed by atoms with E-state index in [-0.39, 0.29) is 22.4 Å². The summed E-state index contributed by atoms with van der Waals surface area (Å²) in [6.45, 7) is 8.38. The molecule has 16 heavy (non-hydrogen) atoms. The lowest BCUT2D eigenvalue weighted by Gasteiger charge is -2.36. The second kappa shape index (κ2) is 2.61. The van der Waals surface area contributed by atoms with Crippen LogP contribution in [-0.2, 0) is 9.53 Å². The van der Waals surface area contributed by atoms with E-state index >= 15 is 0 Å². The fourth-order valence-corrected chi connectivity index (χ4v) is 4.08. The maximum absolute atomic E-state index is 11.1. The Morgan fingerprint density at radius 1 is 1.38 bits per heavy atom. The minimum atomic E-state index is -0.177. The number of hydrogen-bond donors (Lipinski definition) is 0. The molecule has 2 aliphatic carbocycles. The van der Waals surface area contributed by atoms with E-state index in [0.717, 1.165) is 11.8 Å². The predicted octanol–water partition coefficient (Wildman–Crippen LogP) is 2.73. The molecule has 2 nitrogen and oxygen atoms in total. The fraction of sp³-hybridized carbons (Fsp3) is 0.786. The quantitative estimate of drug-likeness (QED) is 0.529. The molecule has 2 heteroatoms. The van der Waals surface area contributed by atoms with Crippen LogP contribution in [0, 0.1) is 17.3 Å². The van der Waals surface area contributed by atoms with Crippen molar-refractivity contribution in [3.05, 3.63) is 12.2 Å². The van der Waals surface area contributed by atoms with Crippen molar-refractivity contribution >= 4 is 5.78 Å². The minimum absolute atomic E-state index is 0.00532. The van der Waals surface area contributed by atoms with Crippen LogP contribution in [0.25, 0.3) is 0 Å². The highest BCUT2D eigenvalue weighted by atomic mass is 16.6. The Kier molecular flexibility index (Phi) is 1.72. The summed E-state index contributed by atoms with van der Waals surface area (Å²) in [6, 6.07) is 0. The predicted molar refractivity (Wildman–Crippen MR) is 62.0 cm³/mol. The van der Waals surface area contributed by atoms with Gasteiger partial charge in [-0.2, -0.15) is 0 Å². The van der Waals surface area contributed by atoms with E-state index in [4.69, 9.17) is 4.74 Å². The summed E-state index contributed by atoms with van der Waals surface area (Å²) in [5.41, 5.74) is -0.0138. The number of epoxide rings is 1. The maximum atomic E-state index is 11.1.